The van der Waals surface area contributed by atoms with Gasteiger partial charge in [0, 0.05) is 20.3 Å². The van der Waals surface area contributed by atoms with Crippen molar-refractivity contribution in [2.45, 2.75) is 45.1 Å². The molecule has 16 heavy (non-hydrogen) atoms. The summed E-state index contributed by atoms with van der Waals surface area (Å²) >= 11 is 0. The third-order valence-electron chi connectivity index (χ3n) is 3.39. The highest BCUT2D eigenvalue weighted by molar-refractivity contribution is 5.82. The van der Waals surface area contributed by atoms with E-state index in [1.807, 2.05) is 0 Å². The van der Waals surface area contributed by atoms with Gasteiger partial charge in [0.05, 0.1) is 11.5 Å². The number of aliphatic hydroxyl groups is 1. The summed E-state index contributed by atoms with van der Waals surface area (Å²) in [6.07, 6.45) is 4.43. The Morgan fingerprint density at radius 2 is 2.12 bits per heavy atom. The van der Waals surface area contributed by atoms with Crippen LogP contribution in [0.25, 0.3) is 0 Å². The van der Waals surface area contributed by atoms with Crippen molar-refractivity contribution < 1.29 is 14.6 Å². The number of hydrogen-bond acceptors (Lipinski definition) is 3. The van der Waals surface area contributed by atoms with Crippen LogP contribution in [0.3, 0.4) is 0 Å². The Kier molecular flexibility index (Phi) is 5.22. The Hall–Kier alpha value is -0.610. The van der Waals surface area contributed by atoms with Crippen LogP contribution in [0.15, 0.2) is 0 Å². The van der Waals surface area contributed by atoms with Crippen molar-refractivity contribution in [1.29, 1.82) is 0 Å². The Bertz CT molecular complexity index is 222. The van der Waals surface area contributed by atoms with E-state index in [2.05, 4.69) is 5.32 Å². The van der Waals surface area contributed by atoms with Gasteiger partial charge in [-0.05, 0) is 26.2 Å². The second-order valence-corrected chi connectivity index (χ2v) is 4.79. The predicted octanol–water partition coefficient (Wildman–Crippen LogP) is 1.08. The highest BCUT2D eigenvalue weighted by Crippen LogP contribution is 2.41. The summed E-state index contributed by atoms with van der Waals surface area (Å²) in [6.45, 7) is 2.65. The number of carbonyl (C=O) groups excluding carboxylic acids is 1. The van der Waals surface area contributed by atoms with E-state index in [1.165, 1.54) is 0 Å². The third kappa shape index (κ3) is 3.46. The molecule has 1 amide bonds. The van der Waals surface area contributed by atoms with E-state index in [1.54, 1.807) is 14.0 Å². The van der Waals surface area contributed by atoms with Gasteiger partial charge in [-0.1, -0.05) is 12.8 Å². The molecule has 1 atom stereocenters. The summed E-state index contributed by atoms with van der Waals surface area (Å²) in [5.74, 6) is 0.0861. The molecule has 94 valence electrons. The van der Waals surface area contributed by atoms with E-state index < -0.39 is 6.10 Å². The van der Waals surface area contributed by atoms with Crippen LogP contribution >= 0.6 is 0 Å². The molecule has 0 radical (unpaired) electrons. The minimum atomic E-state index is -0.482. The van der Waals surface area contributed by atoms with Crippen LogP contribution in [0.2, 0.25) is 0 Å². The van der Waals surface area contributed by atoms with Crippen LogP contribution in [0.4, 0.5) is 0 Å². The Labute approximate surface area is 97.4 Å². The van der Waals surface area contributed by atoms with Crippen molar-refractivity contribution in [3.63, 3.8) is 0 Å². The number of carbonyl (C=O) groups is 1. The molecule has 1 aliphatic rings. The third-order valence-corrected chi connectivity index (χ3v) is 3.39. The average molecular weight is 229 g/mol. The van der Waals surface area contributed by atoms with Gasteiger partial charge in [-0.15, -0.1) is 0 Å². The highest BCUT2D eigenvalue weighted by atomic mass is 16.5. The molecular formula is C12H23NO3. The molecular weight excluding hydrogens is 206 g/mol. The van der Waals surface area contributed by atoms with Crippen molar-refractivity contribution in [2.75, 3.05) is 20.3 Å². The SMILES string of the molecule is COCCC1(C(=O)NCC(C)O)CCCC1. The number of ether oxygens (including phenoxy) is 1. The fourth-order valence-corrected chi connectivity index (χ4v) is 2.37. The van der Waals surface area contributed by atoms with Gasteiger partial charge in [0.1, 0.15) is 0 Å². The van der Waals surface area contributed by atoms with Crippen LogP contribution in [0.5, 0.6) is 0 Å². The number of amides is 1. The van der Waals surface area contributed by atoms with Gasteiger partial charge in [-0.25, -0.2) is 0 Å². The van der Waals surface area contributed by atoms with E-state index >= 15 is 0 Å². The zero-order chi connectivity index (χ0) is 12.0. The molecule has 0 aromatic rings. The second-order valence-electron chi connectivity index (χ2n) is 4.79. The number of hydrogen-bond donors (Lipinski definition) is 2. The van der Waals surface area contributed by atoms with E-state index in [0.29, 0.717) is 13.2 Å². The molecule has 0 aromatic carbocycles. The quantitative estimate of drug-likeness (QED) is 0.716. The van der Waals surface area contributed by atoms with Crippen LogP contribution in [0, 0.1) is 5.41 Å². The maximum absolute atomic E-state index is 12.1. The first kappa shape index (κ1) is 13.5. The average Bonchev–Trinajstić information content (AvgIpc) is 2.73. The maximum atomic E-state index is 12.1. The summed E-state index contributed by atoms with van der Waals surface area (Å²) in [6, 6.07) is 0. The summed E-state index contributed by atoms with van der Waals surface area (Å²) < 4.78 is 5.08. The molecule has 1 unspecified atom stereocenters. The number of aliphatic hydroxyl groups excluding tert-OH is 1. The van der Waals surface area contributed by atoms with Crippen molar-refractivity contribution in [3.05, 3.63) is 0 Å². The summed E-state index contributed by atoms with van der Waals surface area (Å²) in [4.78, 5) is 12.1. The molecule has 0 spiro atoms. The molecule has 1 saturated carbocycles. The van der Waals surface area contributed by atoms with Crippen LogP contribution in [0.1, 0.15) is 39.0 Å². The lowest BCUT2D eigenvalue weighted by molar-refractivity contribution is -0.132. The first-order valence-corrected chi connectivity index (χ1v) is 6.06. The Balaban J connectivity index is 2.51. The lowest BCUT2D eigenvalue weighted by Gasteiger charge is -2.27. The van der Waals surface area contributed by atoms with Crippen LogP contribution < -0.4 is 5.32 Å². The fourth-order valence-electron chi connectivity index (χ4n) is 2.37. The van der Waals surface area contributed by atoms with Crippen LogP contribution in [-0.2, 0) is 9.53 Å². The molecule has 2 N–H and O–H groups in total. The normalized spacial score (nSPS) is 20.7. The molecule has 1 fully saturated rings. The predicted molar refractivity (Wildman–Crippen MR) is 62.1 cm³/mol. The molecule has 0 aliphatic heterocycles. The summed E-state index contributed by atoms with van der Waals surface area (Å²) in [5, 5.41) is 12.0. The van der Waals surface area contributed by atoms with Crippen molar-refractivity contribution in [2.24, 2.45) is 5.41 Å². The number of methoxy groups -OCH3 is 1. The van der Waals surface area contributed by atoms with Gasteiger partial charge in [0.25, 0.3) is 0 Å². The number of rotatable bonds is 6. The van der Waals surface area contributed by atoms with Gasteiger partial charge in [0.2, 0.25) is 5.91 Å². The molecule has 4 heteroatoms. The fraction of sp³-hybridized carbons (Fsp3) is 0.917. The van der Waals surface area contributed by atoms with Crippen molar-refractivity contribution >= 4 is 5.91 Å². The maximum Gasteiger partial charge on any atom is 0.226 e. The molecule has 1 rings (SSSR count). The van der Waals surface area contributed by atoms with E-state index in [9.17, 15) is 4.79 Å². The Morgan fingerprint density at radius 1 is 1.50 bits per heavy atom. The summed E-state index contributed by atoms with van der Waals surface area (Å²) in [7, 11) is 1.66. The first-order chi connectivity index (χ1) is 7.60. The second kappa shape index (κ2) is 6.21. The Morgan fingerprint density at radius 3 is 2.62 bits per heavy atom. The van der Waals surface area contributed by atoms with Gasteiger partial charge < -0.3 is 15.2 Å². The minimum absolute atomic E-state index is 0.0861. The largest absolute Gasteiger partial charge is 0.392 e. The van der Waals surface area contributed by atoms with Crippen molar-refractivity contribution in [3.8, 4) is 0 Å². The highest BCUT2D eigenvalue weighted by Gasteiger charge is 2.40. The molecule has 4 nitrogen and oxygen atoms in total. The van der Waals surface area contributed by atoms with Gasteiger partial charge >= 0.3 is 0 Å². The lowest BCUT2D eigenvalue weighted by Crippen LogP contribution is -2.42. The molecule has 0 aromatic heterocycles. The van der Waals surface area contributed by atoms with Gasteiger partial charge in [-0.3, -0.25) is 4.79 Å². The van der Waals surface area contributed by atoms with Gasteiger partial charge in [0.15, 0.2) is 0 Å². The monoisotopic (exact) mass is 229 g/mol. The molecule has 0 bridgehead atoms. The topological polar surface area (TPSA) is 58.6 Å². The van der Waals surface area contributed by atoms with Crippen LogP contribution in [-0.4, -0.2) is 37.4 Å². The molecule has 0 saturated heterocycles. The zero-order valence-corrected chi connectivity index (χ0v) is 10.3. The zero-order valence-electron chi connectivity index (χ0n) is 10.3. The molecule has 1 aliphatic carbocycles. The number of nitrogens with one attached hydrogen (secondary N) is 1. The van der Waals surface area contributed by atoms with E-state index in [-0.39, 0.29) is 11.3 Å². The summed E-state index contributed by atoms with van der Waals surface area (Å²) in [5.41, 5.74) is -0.245. The minimum Gasteiger partial charge on any atom is -0.392 e. The van der Waals surface area contributed by atoms with E-state index in [0.717, 1.165) is 32.1 Å². The smallest absolute Gasteiger partial charge is 0.226 e. The van der Waals surface area contributed by atoms with Crippen molar-refractivity contribution in [1.82, 2.24) is 5.32 Å². The standard InChI is InChI=1S/C12H23NO3/c1-10(14)9-13-11(15)12(7-8-16-2)5-3-4-6-12/h10,14H,3-9H2,1-2H3,(H,13,15). The first-order valence-electron chi connectivity index (χ1n) is 6.06. The van der Waals surface area contributed by atoms with Gasteiger partial charge in [-0.2, -0.15) is 0 Å². The molecule has 0 heterocycles. The lowest BCUT2D eigenvalue weighted by atomic mass is 9.82. The van der Waals surface area contributed by atoms with E-state index in [4.69, 9.17) is 9.84 Å².